The number of alkyl carbamates (subject to hydrolysis) is 1. The molecule has 0 saturated heterocycles. The van der Waals surface area contributed by atoms with Crippen molar-refractivity contribution < 1.29 is 24.5 Å². The van der Waals surface area contributed by atoms with E-state index in [1.165, 1.54) is 6.92 Å². The molecule has 1 atom stereocenters. The van der Waals surface area contributed by atoms with Crippen molar-refractivity contribution in [3.63, 3.8) is 0 Å². The van der Waals surface area contributed by atoms with Crippen LogP contribution in [-0.2, 0) is 16.1 Å². The Labute approximate surface area is 104 Å². The normalized spacial score (nSPS) is 13.4. The molecule has 1 rings (SSSR count). The van der Waals surface area contributed by atoms with Crippen molar-refractivity contribution in [1.82, 2.24) is 5.32 Å². The molecule has 18 heavy (non-hydrogen) atoms. The van der Waals surface area contributed by atoms with Crippen LogP contribution in [0.1, 0.15) is 12.5 Å². The number of carboxylic acids is 1. The van der Waals surface area contributed by atoms with Crippen LogP contribution in [0.2, 0.25) is 0 Å². The van der Waals surface area contributed by atoms with Gasteiger partial charge in [-0.3, -0.25) is 0 Å². The molecule has 1 unspecified atom stereocenters. The molecule has 1 aromatic carbocycles. The maximum absolute atomic E-state index is 11.4. The SMILES string of the molecule is CC(CO)(NC(=O)OCc1ccccc1)C(=O)O. The van der Waals surface area contributed by atoms with Crippen LogP contribution in [0.25, 0.3) is 0 Å². The highest BCUT2D eigenvalue weighted by Gasteiger charge is 2.34. The van der Waals surface area contributed by atoms with Crippen molar-refractivity contribution in [1.29, 1.82) is 0 Å². The predicted octanol–water partition coefficient (Wildman–Crippen LogP) is 0.748. The molecule has 0 aliphatic heterocycles. The van der Waals surface area contributed by atoms with E-state index in [2.05, 4.69) is 5.32 Å². The zero-order valence-corrected chi connectivity index (χ0v) is 9.92. The van der Waals surface area contributed by atoms with E-state index < -0.39 is 24.2 Å². The van der Waals surface area contributed by atoms with Gasteiger partial charge in [0.25, 0.3) is 0 Å². The largest absolute Gasteiger partial charge is 0.479 e. The first-order chi connectivity index (χ1) is 8.48. The fourth-order valence-electron chi connectivity index (χ4n) is 1.15. The molecule has 1 aromatic rings. The van der Waals surface area contributed by atoms with Gasteiger partial charge in [-0.15, -0.1) is 0 Å². The number of hydrogen-bond acceptors (Lipinski definition) is 4. The Kier molecular flexibility index (Phi) is 4.67. The minimum Gasteiger partial charge on any atom is -0.479 e. The lowest BCUT2D eigenvalue weighted by atomic mass is 10.1. The Morgan fingerprint density at radius 3 is 2.44 bits per heavy atom. The van der Waals surface area contributed by atoms with Crippen molar-refractivity contribution in [2.24, 2.45) is 0 Å². The van der Waals surface area contributed by atoms with Crippen LogP contribution in [-0.4, -0.2) is 34.4 Å². The molecule has 0 saturated carbocycles. The summed E-state index contributed by atoms with van der Waals surface area (Å²) in [6, 6.07) is 8.97. The number of rotatable bonds is 5. The first-order valence-corrected chi connectivity index (χ1v) is 5.31. The van der Waals surface area contributed by atoms with Gasteiger partial charge in [0.05, 0.1) is 6.61 Å². The summed E-state index contributed by atoms with van der Waals surface area (Å²) in [4.78, 5) is 22.2. The van der Waals surface area contributed by atoms with Gasteiger partial charge in [-0.1, -0.05) is 30.3 Å². The van der Waals surface area contributed by atoms with Gasteiger partial charge < -0.3 is 20.3 Å². The second-order valence-electron chi connectivity index (χ2n) is 3.98. The lowest BCUT2D eigenvalue weighted by Crippen LogP contribution is -2.55. The zero-order valence-electron chi connectivity index (χ0n) is 9.92. The molecule has 0 fully saturated rings. The highest BCUT2D eigenvalue weighted by molar-refractivity contribution is 5.84. The zero-order chi connectivity index (χ0) is 13.6. The van der Waals surface area contributed by atoms with Gasteiger partial charge in [0.15, 0.2) is 5.54 Å². The minimum absolute atomic E-state index is 0.0355. The number of nitrogens with one attached hydrogen (secondary N) is 1. The summed E-state index contributed by atoms with van der Waals surface area (Å²) in [5.74, 6) is -1.33. The van der Waals surface area contributed by atoms with Crippen molar-refractivity contribution in [2.75, 3.05) is 6.61 Å². The molecule has 0 bridgehead atoms. The fourth-order valence-corrected chi connectivity index (χ4v) is 1.15. The Hall–Kier alpha value is -2.08. The Morgan fingerprint density at radius 2 is 1.94 bits per heavy atom. The molecule has 0 spiro atoms. The van der Waals surface area contributed by atoms with E-state index in [1.807, 2.05) is 6.07 Å². The topological polar surface area (TPSA) is 95.9 Å². The van der Waals surface area contributed by atoms with E-state index >= 15 is 0 Å². The number of benzene rings is 1. The fraction of sp³-hybridized carbons (Fsp3) is 0.333. The number of hydrogen-bond donors (Lipinski definition) is 3. The first-order valence-electron chi connectivity index (χ1n) is 5.31. The van der Waals surface area contributed by atoms with Crippen molar-refractivity contribution in [3.8, 4) is 0 Å². The van der Waals surface area contributed by atoms with Gasteiger partial charge in [0.2, 0.25) is 0 Å². The molecule has 1 amide bonds. The van der Waals surface area contributed by atoms with Gasteiger partial charge >= 0.3 is 12.1 Å². The van der Waals surface area contributed by atoms with Crippen molar-refractivity contribution >= 4 is 12.1 Å². The van der Waals surface area contributed by atoms with Gasteiger partial charge in [0.1, 0.15) is 6.61 Å². The van der Waals surface area contributed by atoms with E-state index in [1.54, 1.807) is 24.3 Å². The number of carbonyl (C=O) groups is 2. The predicted molar refractivity (Wildman–Crippen MR) is 62.9 cm³/mol. The smallest absolute Gasteiger partial charge is 0.408 e. The number of amides is 1. The second-order valence-corrected chi connectivity index (χ2v) is 3.98. The van der Waals surface area contributed by atoms with E-state index in [9.17, 15) is 9.59 Å². The molecular formula is C12H15NO5. The van der Waals surface area contributed by atoms with Crippen molar-refractivity contribution in [3.05, 3.63) is 35.9 Å². The monoisotopic (exact) mass is 253 g/mol. The first kappa shape index (κ1) is 14.0. The van der Waals surface area contributed by atoms with Gasteiger partial charge in [-0.2, -0.15) is 0 Å². The van der Waals surface area contributed by atoms with E-state index in [0.29, 0.717) is 0 Å². The molecule has 98 valence electrons. The summed E-state index contributed by atoms with van der Waals surface area (Å²) in [6.45, 7) is 0.510. The van der Waals surface area contributed by atoms with Crippen LogP contribution < -0.4 is 5.32 Å². The lowest BCUT2D eigenvalue weighted by Gasteiger charge is -2.23. The van der Waals surface area contributed by atoms with Gasteiger partial charge in [0, 0.05) is 0 Å². The Morgan fingerprint density at radius 1 is 1.33 bits per heavy atom. The van der Waals surface area contributed by atoms with Crippen molar-refractivity contribution in [2.45, 2.75) is 19.1 Å². The average Bonchev–Trinajstić information content (AvgIpc) is 2.37. The molecule has 0 aromatic heterocycles. The minimum atomic E-state index is -1.74. The van der Waals surface area contributed by atoms with Crippen LogP contribution in [0, 0.1) is 0 Å². The highest BCUT2D eigenvalue weighted by Crippen LogP contribution is 2.05. The molecule has 6 nitrogen and oxygen atoms in total. The van der Waals surface area contributed by atoms with Crippen LogP contribution in [0.5, 0.6) is 0 Å². The second kappa shape index (κ2) is 6.02. The summed E-state index contributed by atoms with van der Waals surface area (Å²) >= 11 is 0. The molecule has 0 heterocycles. The van der Waals surface area contributed by atoms with Crippen LogP contribution >= 0.6 is 0 Å². The molecule has 0 aliphatic carbocycles. The average molecular weight is 253 g/mol. The Bertz CT molecular complexity index is 420. The lowest BCUT2D eigenvalue weighted by molar-refractivity contribution is -0.145. The quantitative estimate of drug-likeness (QED) is 0.719. The third-order valence-electron chi connectivity index (χ3n) is 2.38. The summed E-state index contributed by atoms with van der Waals surface area (Å²) in [5.41, 5.74) is -0.956. The van der Waals surface area contributed by atoms with E-state index in [-0.39, 0.29) is 6.61 Å². The number of carboxylic acid groups (broad SMARTS) is 1. The molecular weight excluding hydrogens is 238 g/mol. The third kappa shape index (κ3) is 3.74. The number of ether oxygens (including phenoxy) is 1. The van der Waals surface area contributed by atoms with Crippen LogP contribution in [0.4, 0.5) is 4.79 Å². The third-order valence-corrected chi connectivity index (χ3v) is 2.38. The summed E-state index contributed by atoms with van der Waals surface area (Å²) in [5, 5.41) is 19.9. The number of carbonyl (C=O) groups excluding carboxylic acids is 1. The number of aliphatic carboxylic acids is 1. The maximum atomic E-state index is 11.4. The molecule has 3 N–H and O–H groups in total. The summed E-state index contributed by atoms with van der Waals surface area (Å²) < 4.78 is 4.85. The standard InChI is InChI=1S/C12H15NO5/c1-12(8-14,10(15)16)13-11(17)18-7-9-5-3-2-4-6-9/h2-6,14H,7-8H2,1H3,(H,13,17)(H,15,16). The van der Waals surface area contributed by atoms with Gasteiger partial charge in [-0.05, 0) is 12.5 Å². The molecule has 0 radical (unpaired) electrons. The summed E-state index contributed by atoms with van der Waals surface area (Å²) in [7, 11) is 0. The maximum Gasteiger partial charge on any atom is 0.408 e. The number of aliphatic hydroxyl groups excluding tert-OH is 1. The van der Waals surface area contributed by atoms with E-state index in [4.69, 9.17) is 14.9 Å². The van der Waals surface area contributed by atoms with Crippen LogP contribution in [0.15, 0.2) is 30.3 Å². The van der Waals surface area contributed by atoms with Gasteiger partial charge in [-0.25, -0.2) is 9.59 Å². The van der Waals surface area contributed by atoms with Crippen LogP contribution in [0.3, 0.4) is 0 Å². The Balaban J connectivity index is 2.49. The highest BCUT2D eigenvalue weighted by atomic mass is 16.5. The van der Waals surface area contributed by atoms with E-state index in [0.717, 1.165) is 5.56 Å². The molecule has 6 heteroatoms. The molecule has 0 aliphatic rings. The number of aliphatic hydroxyl groups is 1. The summed E-state index contributed by atoms with van der Waals surface area (Å²) in [6.07, 6.45) is -0.891.